The van der Waals surface area contributed by atoms with Crippen LogP contribution in [-0.4, -0.2) is 19.1 Å². The Morgan fingerprint density at radius 3 is 2.18 bits per heavy atom. The summed E-state index contributed by atoms with van der Waals surface area (Å²) >= 11 is 0. The number of benzene rings is 2. The number of fused-ring (bicyclic) bond motifs is 1. The van der Waals surface area contributed by atoms with Crippen LogP contribution in [0.1, 0.15) is 0 Å². The maximum atomic E-state index is 12.9. The fraction of sp³-hybridized carbons (Fsp3) is 0.111. The molecule has 1 aromatic heterocycles. The first-order valence-electron chi connectivity index (χ1n) is 7.01. The van der Waals surface area contributed by atoms with E-state index in [1.54, 1.807) is 43.3 Å². The smallest absolute Gasteiger partial charge is 0.258 e. The molecule has 4 heteroatoms. The van der Waals surface area contributed by atoms with Crippen molar-refractivity contribution < 1.29 is 0 Å². The highest BCUT2D eigenvalue weighted by Gasteiger charge is 2.16. The lowest BCUT2D eigenvalue weighted by atomic mass is 10.1. The summed E-state index contributed by atoms with van der Waals surface area (Å²) in [6, 6.07) is 16.3. The summed E-state index contributed by atoms with van der Waals surface area (Å²) in [7, 11) is 3.55. The van der Waals surface area contributed by atoms with E-state index in [0.29, 0.717) is 22.2 Å². The Kier molecular flexibility index (Phi) is 3.51. The van der Waals surface area contributed by atoms with Crippen LogP contribution in [0.4, 0.5) is 5.69 Å². The van der Waals surface area contributed by atoms with Gasteiger partial charge in [-0.2, -0.15) is 0 Å². The van der Waals surface area contributed by atoms with E-state index in [4.69, 9.17) is 0 Å². The number of H-pyrrole nitrogens is 1. The number of nitrogens with zero attached hydrogens (tertiary/aromatic N) is 1. The summed E-state index contributed by atoms with van der Waals surface area (Å²) in [4.78, 5) is 30.1. The highest BCUT2D eigenvalue weighted by atomic mass is 16.1. The molecule has 0 aliphatic heterocycles. The van der Waals surface area contributed by atoms with E-state index in [9.17, 15) is 9.59 Å². The minimum absolute atomic E-state index is 0.155. The van der Waals surface area contributed by atoms with Gasteiger partial charge in [-0.05, 0) is 17.7 Å². The Morgan fingerprint density at radius 2 is 1.50 bits per heavy atom. The standard InChI is InChI=1S/C18H16N2O2/c1-20(2)16-15(12-8-4-3-5-9-12)18(22)19-14-11-7-6-10-13(14)17(16)21/h3-11H,1-2H3,(H,19,22). The predicted molar refractivity (Wildman–Crippen MR) is 90.6 cm³/mol. The van der Waals surface area contributed by atoms with Gasteiger partial charge in [0.25, 0.3) is 5.56 Å². The van der Waals surface area contributed by atoms with Crippen LogP contribution >= 0.6 is 0 Å². The third kappa shape index (κ3) is 2.29. The van der Waals surface area contributed by atoms with Crippen molar-refractivity contribution in [1.82, 2.24) is 4.98 Å². The van der Waals surface area contributed by atoms with Gasteiger partial charge in [0.05, 0.1) is 16.8 Å². The van der Waals surface area contributed by atoms with Gasteiger partial charge in [0, 0.05) is 19.5 Å². The second-order valence-electron chi connectivity index (χ2n) is 5.31. The van der Waals surface area contributed by atoms with Crippen molar-refractivity contribution in [3.63, 3.8) is 0 Å². The van der Waals surface area contributed by atoms with E-state index in [2.05, 4.69) is 4.98 Å². The number of aromatic amines is 1. The molecule has 0 radical (unpaired) electrons. The minimum atomic E-state index is -0.270. The Morgan fingerprint density at radius 1 is 0.864 bits per heavy atom. The van der Waals surface area contributed by atoms with Gasteiger partial charge >= 0.3 is 0 Å². The number of aromatic nitrogens is 1. The summed E-state index contributed by atoms with van der Waals surface area (Å²) in [6.45, 7) is 0. The summed E-state index contributed by atoms with van der Waals surface area (Å²) in [5.74, 6) is 0. The van der Waals surface area contributed by atoms with Crippen LogP contribution in [0.15, 0.2) is 64.2 Å². The number of nitrogens with one attached hydrogen (secondary N) is 1. The number of anilines is 1. The van der Waals surface area contributed by atoms with E-state index >= 15 is 0 Å². The van der Waals surface area contributed by atoms with Gasteiger partial charge < -0.3 is 9.88 Å². The van der Waals surface area contributed by atoms with Crippen molar-refractivity contribution in [3.8, 4) is 11.1 Å². The van der Waals surface area contributed by atoms with Gasteiger partial charge in [-0.25, -0.2) is 0 Å². The quantitative estimate of drug-likeness (QED) is 0.790. The molecule has 1 N–H and O–H groups in total. The van der Waals surface area contributed by atoms with E-state index in [-0.39, 0.29) is 11.0 Å². The average molecular weight is 292 g/mol. The SMILES string of the molecule is CN(C)c1c(-c2ccccc2)c(=O)[nH]c2ccccc2c1=O. The molecule has 3 aromatic rings. The zero-order chi connectivity index (χ0) is 15.7. The molecule has 0 bridgehead atoms. The van der Waals surface area contributed by atoms with Gasteiger partial charge in [-0.15, -0.1) is 0 Å². The molecule has 2 aromatic carbocycles. The second kappa shape index (κ2) is 5.48. The average Bonchev–Trinajstić information content (AvgIpc) is 2.63. The third-order valence-corrected chi connectivity index (χ3v) is 3.61. The van der Waals surface area contributed by atoms with Crippen LogP contribution in [0.3, 0.4) is 0 Å². The van der Waals surface area contributed by atoms with E-state index < -0.39 is 0 Å². The monoisotopic (exact) mass is 292 g/mol. The van der Waals surface area contributed by atoms with Crippen LogP contribution in [0.2, 0.25) is 0 Å². The first-order valence-corrected chi connectivity index (χ1v) is 7.01. The molecule has 0 spiro atoms. The summed E-state index contributed by atoms with van der Waals surface area (Å²) in [5.41, 5.74) is 1.64. The summed E-state index contributed by atoms with van der Waals surface area (Å²) < 4.78 is 0. The van der Waals surface area contributed by atoms with Crippen LogP contribution in [0.25, 0.3) is 22.0 Å². The van der Waals surface area contributed by atoms with Gasteiger partial charge in [0.1, 0.15) is 0 Å². The zero-order valence-corrected chi connectivity index (χ0v) is 12.5. The van der Waals surface area contributed by atoms with Crippen molar-refractivity contribution >= 4 is 16.6 Å². The van der Waals surface area contributed by atoms with Crippen LogP contribution in [0, 0.1) is 0 Å². The lowest BCUT2D eigenvalue weighted by Crippen LogP contribution is -2.21. The van der Waals surface area contributed by atoms with E-state index in [1.807, 2.05) is 30.3 Å². The van der Waals surface area contributed by atoms with Crippen molar-refractivity contribution in [2.24, 2.45) is 0 Å². The molecule has 0 saturated carbocycles. The molecule has 0 saturated heterocycles. The van der Waals surface area contributed by atoms with E-state index in [1.165, 1.54) is 0 Å². The largest absolute Gasteiger partial charge is 0.374 e. The zero-order valence-electron chi connectivity index (χ0n) is 12.5. The second-order valence-corrected chi connectivity index (χ2v) is 5.31. The molecule has 3 rings (SSSR count). The lowest BCUT2D eigenvalue weighted by Gasteiger charge is -2.13. The fourth-order valence-corrected chi connectivity index (χ4v) is 2.62. The minimum Gasteiger partial charge on any atom is -0.374 e. The van der Waals surface area contributed by atoms with Crippen molar-refractivity contribution in [3.05, 3.63) is 75.2 Å². The Labute approximate surface area is 127 Å². The number of para-hydroxylation sites is 1. The number of hydrogen-bond acceptors (Lipinski definition) is 3. The molecule has 1 heterocycles. The molecule has 4 nitrogen and oxygen atoms in total. The van der Waals surface area contributed by atoms with Crippen LogP contribution < -0.4 is 15.9 Å². The molecule has 0 fully saturated rings. The summed E-state index contributed by atoms with van der Waals surface area (Å²) in [5, 5.41) is 0.505. The Bertz CT molecular complexity index is 944. The highest BCUT2D eigenvalue weighted by molar-refractivity contribution is 5.86. The van der Waals surface area contributed by atoms with Crippen molar-refractivity contribution in [1.29, 1.82) is 0 Å². The first-order chi connectivity index (χ1) is 10.6. The summed E-state index contributed by atoms with van der Waals surface area (Å²) in [6.07, 6.45) is 0. The molecular formula is C18H16N2O2. The molecular weight excluding hydrogens is 276 g/mol. The first kappa shape index (κ1) is 14.1. The Hall–Kier alpha value is -2.88. The maximum absolute atomic E-state index is 12.9. The van der Waals surface area contributed by atoms with Crippen LogP contribution in [-0.2, 0) is 0 Å². The molecule has 0 amide bonds. The van der Waals surface area contributed by atoms with Crippen LogP contribution in [0.5, 0.6) is 0 Å². The van der Waals surface area contributed by atoms with Gasteiger partial charge in [-0.1, -0.05) is 42.5 Å². The molecule has 0 atom stereocenters. The van der Waals surface area contributed by atoms with Gasteiger partial charge in [-0.3, -0.25) is 9.59 Å². The maximum Gasteiger partial charge on any atom is 0.258 e. The van der Waals surface area contributed by atoms with Crippen molar-refractivity contribution in [2.75, 3.05) is 19.0 Å². The van der Waals surface area contributed by atoms with Crippen molar-refractivity contribution in [2.45, 2.75) is 0 Å². The molecule has 0 unspecified atom stereocenters. The molecule has 0 aliphatic rings. The molecule has 22 heavy (non-hydrogen) atoms. The topological polar surface area (TPSA) is 53.2 Å². The number of rotatable bonds is 2. The van der Waals surface area contributed by atoms with Gasteiger partial charge in [0.15, 0.2) is 0 Å². The predicted octanol–water partition coefficient (Wildman–Crippen LogP) is 2.62. The van der Waals surface area contributed by atoms with Gasteiger partial charge in [0.2, 0.25) is 5.43 Å². The lowest BCUT2D eigenvalue weighted by molar-refractivity contribution is 1.12. The number of hydrogen-bond donors (Lipinski definition) is 1. The highest BCUT2D eigenvalue weighted by Crippen LogP contribution is 2.23. The molecule has 0 aliphatic carbocycles. The molecule has 110 valence electrons. The van der Waals surface area contributed by atoms with E-state index in [0.717, 1.165) is 5.56 Å². The fourth-order valence-electron chi connectivity index (χ4n) is 2.62. The normalized spacial score (nSPS) is 10.6. The Balaban J connectivity index is 2.57. The third-order valence-electron chi connectivity index (χ3n) is 3.61.